The van der Waals surface area contributed by atoms with Gasteiger partial charge in [0, 0.05) is 28.0 Å². The lowest BCUT2D eigenvalue weighted by atomic mass is 10.2. The van der Waals surface area contributed by atoms with Crippen molar-refractivity contribution in [2.45, 2.75) is 13.5 Å². The van der Waals surface area contributed by atoms with Gasteiger partial charge in [-0.05, 0) is 55.5 Å². The molecule has 0 aliphatic heterocycles. The van der Waals surface area contributed by atoms with Crippen LogP contribution in [0.2, 0.25) is 5.02 Å². The lowest BCUT2D eigenvalue weighted by Crippen LogP contribution is -2.20. The third-order valence-corrected chi connectivity index (χ3v) is 4.90. The van der Waals surface area contributed by atoms with Gasteiger partial charge in [-0.25, -0.2) is 4.39 Å². The molecule has 0 unspecified atom stereocenters. The number of rotatable bonds is 7. The predicted octanol–water partition coefficient (Wildman–Crippen LogP) is 6.18. The molecule has 7 heteroatoms. The van der Waals surface area contributed by atoms with Gasteiger partial charge in [0.1, 0.15) is 11.6 Å². The highest BCUT2D eigenvalue weighted by molar-refractivity contribution is 9.10. The summed E-state index contributed by atoms with van der Waals surface area (Å²) in [6.07, 6.45) is 0. The standard InChI is InChI=1S/C22H19BrClFN2O2/c1-14-2-5-17(6-3-14)27-22(28)13-29-21-9-4-16(23)10-15(21)12-26-18-7-8-20(25)19(24)11-18/h2-11,26H,12-13H2,1H3,(H,27,28). The zero-order valence-electron chi connectivity index (χ0n) is 15.6. The van der Waals surface area contributed by atoms with Gasteiger partial charge in [-0.3, -0.25) is 4.79 Å². The molecular weight excluding hydrogens is 459 g/mol. The number of carbonyl (C=O) groups is 1. The maximum atomic E-state index is 13.3. The van der Waals surface area contributed by atoms with E-state index in [1.54, 1.807) is 12.1 Å². The van der Waals surface area contributed by atoms with Crippen LogP contribution < -0.4 is 15.4 Å². The topological polar surface area (TPSA) is 50.4 Å². The molecule has 0 aliphatic carbocycles. The van der Waals surface area contributed by atoms with Crippen molar-refractivity contribution in [2.24, 2.45) is 0 Å². The van der Waals surface area contributed by atoms with Crippen LogP contribution in [0, 0.1) is 12.7 Å². The summed E-state index contributed by atoms with van der Waals surface area (Å²) in [6, 6.07) is 17.5. The molecule has 0 spiro atoms. The first-order valence-corrected chi connectivity index (χ1v) is 10.0. The molecule has 0 atom stereocenters. The van der Waals surface area contributed by atoms with Crippen LogP contribution in [-0.2, 0) is 11.3 Å². The van der Waals surface area contributed by atoms with Crippen LogP contribution in [0.5, 0.6) is 5.75 Å². The molecule has 0 bridgehead atoms. The number of halogens is 3. The van der Waals surface area contributed by atoms with Gasteiger partial charge >= 0.3 is 0 Å². The Morgan fingerprint density at radius 1 is 1.07 bits per heavy atom. The number of ether oxygens (including phenoxy) is 1. The Morgan fingerprint density at radius 2 is 1.79 bits per heavy atom. The zero-order chi connectivity index (χ0) is 20.8. The largest absolute Gasteiger partial charge is 0.483 e. The van der Waals surface area contributed by atoms with Gasteiger partial charge in [-0.15, -0.1) is 0 Å². The molecule has 0 radical (unpaired) electrons. The second-order valence-electron chi connectivity index (χ2n) is 6.44. The average molecular weight is 478 g/mol. The fraction of sp³-hybridized carbons (Fsp3) is 0.136. The summed E-state index contributed by atoms with van der Waals surface area (Å²) in [5.74, 6) is -0.141. The van der Waals surface area contributed by atoms with Crippen molar-refractivity contribution in [3.63, 3.8) is 0 Å². The third kappa shape index (κ3) is 6.21. The number of anilines is 2. The predicted molar refractivity (Wildman–Crippen MR) is 118 cm³/mol. The first kappa shape index (κ1) is 21.1. The molecule has 0 fully saturated rings. The van der Waals surface area contributed by atoms with Crippen LogP contribution in [0.15, 0.2) is 65.1 Å². The fourth-order valence-electron chi connectivity index (χ4n) is 2.61. The number of benzene rings is 3. The molecule has 1 amide bonds. The summed E-state index contributed by atoms with van der Waals surface area (Å²) in [4.78, 5) is 12.2. The summed E-state index contributed by atoms with van der Waals surface area (Å²) >= 11 is 9.26. The molecule has 0 saturated heterocycles. The van der Waals surface area contributed by atoms with E-state index < -0.39 is 5.82 Å². The van der Waals surface area contributed by atoms with Crippen LogP contribution in [-0.4, -0.2) is 12.5 Å². The van der Waals surface area contributed by atoms with Gasteiger partial charge in [0.15, 0.2) is 6.61 Å². The third-order valence-electron chi connectivity index (χ3n) is 4.12. The van der Waals surface area contributed by atoms with Crippen molar-refractivity contribution >= 4 is 44.8 Å². The molecule has 3 aromatic rings. The molecule has 2 N–H and O–H groups in total. The first-order valence-electron chi connectivity index (χ1n) is 8.87. The number of hydrogen-bond donors (Lipinski definition) is 2. The van der Waals surface area contributed by atoms with Crippen molar-refractivity contribution < 1.29 is 13.9 Å². The lowest BCUT2D eigenvalue weighted by Gasteiger charge is -2.14. The average Bonchev–Trinajstić information content (AvgIpc) is 2.70. The minimum Gasteiger partial charge on any atom is -0.483 e. The van der Waals surface area contributed by atoms with E-state index in [0.717, 1.165) is 21.3 Å². The summed E-state index contributed by atoms with van der Waals surface area (Å²) in [7, 11) is 0. The van der Waals surface area contributed by atoms with Crippen molar-refractivity contribution in [3.8, 4) is 5.75 Å². The minimum absolute atomic E-state index is 0.0495. The summed E-state index contributed by atoms with van der Waals surface area (Å²) in [5, 5.41) is 6.03. The van der Waals surface area contributed by atoms with E-state index in [0.29, 0.717) is 18.0 Å². The van der Waals surface area contributed by atoms with Gasteiger partial charge in [0.2, 0.25) is 0 Å². The van der Waals surface area contributed by atoms with Crippen molar-refractivity contribution in [1.82, 2.24) is 0 Å². The van der Waals surface area contributed by atoms with E-state index in [1.807, 2.05) is 43.3 Å². The summed E-state index contributed by atoms with van der Waals surface area (Å²) < 4.78 is 19.9. The van der Waals surface area contributed by atoms with Crippen molar-refractivity contribution in [2.75, 3.05) is 17.2 Å². The van der Waals surface area contributed by atoms with E-state index in [9.17, 15) is 9.18 Å². The van der Waals surface area contributed by atoms with Crippen molar-refractivity contribution in [1.29, 1.82) is 0 Å². The van der Waals surface area contributed by atoms with Gasteiger partial charge in [0.25, 0.3) is 5.91 Å². The Labute approximate surface area is 182 Å². The molecule has 0 aliphatic rings. The molecule has 0 heterocycles. The second kappa shape index (κ2) is 9.76. The molecular formula is C22H19BrClFN2O2. The number of amides is 1. The highest BCUT2D eigenvalue weighted by Gasteiger charge is 2.09. The number of aryl methyl sites for hydroxylation is 1. The maximum Gasteiger partial charge on any atom is 0.262 e. The van der Waals surface area contributed by atoms with Crippen LogP contribution in [0.25, 0.3) is 0 Å². The smallest absolute Gasteiger partial charge is 0.262 e. The fourth-order valence-corrected chi connectivity index (χ4v) is 3.20. The Kier molecular flexibility index (Phi) is 7.12. The maximum absolute atomic E-state index is 13.3. The first-order chi connectivity index (χ1) is 13.9. The summed E-state index contributed by atoms with van der Waals surface area (Å²) in [5.41, 5.74) is 3.35. The van der Waals surface area contributed by atoms with Gasteiger partial charge < -0.3 is 15.4 Å². The van der Waals surface area contributed by atoms with E-state index in [1.165, 1.54) is 12.1 Å². The Balaban J connectivity index is 1.62. The quantitative estimate of drug-likeness (QED) is 0.427. The van der Waals surface area contributed by atoms with Gasteiger partial charge in [-0.1, -0.05) is 45.2 Å². The highest BCUT2D eigenvalue weighted by Crippen LogP contribution is 2.25. The normalized spacial score (nSPS) is 10.5. The highest BCUT2D eigenvalue weighted by atomic mass is 79.9. The van der Waals surface area contributed by atoms with Gasteiger partial charge in [-0.2, -0.15) is 0 Å². The Hall–Kier alpha value is -2.57. The monoisotopic (exact) mass is 476 g/mol. The van der Waals surface area contributed by atoms with Crippen LogP contribution in [0.3, 0.4) is 0 Å². The summed E-state index contributed by atoms with van der Waals surface area (Å²) in [6.45, 7) is 2.28. The van der Waals surface area contributed by atoms with Crippen LogP contribution in [0.4, 0.5) is 15.8 Å². The molecule has 4 nitrogen and oxygen atoms in total. The Morgan fingerprint density at radius 3 is 2.52 bits per heavy atom. The van der Waals surface area contributed by atoms with Gasteiger partial charge in [0.05, 0.1) is 5.02 Å². The number of hydrogen-bond acceptors (Lipinski definition) is 3. The molecule has 0 aromatic heterocycles. The van der Waals surface area contributed by atoms with E-state index in [2.05, 4.69) is 26.6 Å². The molecule has 0 saturated carbocycles. The lowest BCUT2D eigenvalue weighted by molar-refractivity contribution is -0.118. The Bertz CT molecular complexity index is 1010. The van der Waals surface area contributed by atoms with E-state index in [4.69, 9.17) is 16.3 Å². The molecule has 3 rings (SSSR count). The van der Waals surface area contributed by atoms with Crippen molar-refractivity contribution in [3.05, 3.63) is 87.1 Å². The van der Waals surface area contributed by atoms with Crippen LogP contribution >= 0.6 is 27.5 Å². The number of nitrogens with one attached hydrogen (secondary N) is 2. The zero-order valence-corrected chi connectivity index (χ0v) is 18.0. The molecule has 29 heavy (non-hydrogen) atoms. The second-order valence-corrected chi connectivity index (χ2v) is 7.76. The molecule has 150 valence electrons. The number of carbonyl (C=O) groups excluding carboxylic acids is 1. The minimum atomic E-state index is -0.469. The SMILES string of the molecule is Cc1ccc(NC(=O)COc2ccc(Br)cc2CNc2ccc(F)c(Cl)c2)cc1. The van der Waals surface area contributed by atoms with E-state index in [-0.39, 0.29) is 17.5 Å². The molecule has 3 aromatic carbocycles. The van der Waals surface area contributed by atoms with E-state index >= 15 is 0 Å². The van der Waals surface area contributed by atoms with Crippen LogP contribution in [0.1, 0.15) is 11.1 Å².